The van der Waals surface area contributed by atoms with Crippen LogP contribution in [-0.2, 0) is 13.1 Å². The minimum Gasteiger partial charge on any atom is -0.335 e. The third kappa shape index (κ3) is 12.5. The number of unbranched alkanes of at least 4 members (excludes halogenated alkanes) is 18. The lowest BCUT2D eigenvalue weighted by Gasteiger charge is -2.12. The predicted molar refractivity (Wildman–Crippen MR) is 222 cm³/mol. The highest BCUT2D eigenvalue weighted by atomic mass is 32.2. The van der Waals surface area contributed by atoms with Crippen molar-refractivity contribution in [3.63, 3.8) is 0 Å². The van der Waals surface area contributed by atoms with Crippen LogP contribution in [0.1, 0.15) is 142 Å². The summed E-state index contributed by atoms with van der Waals surface area (Å²) in [6, 6.07) is 18.8. The van der Waals surface area contributed by atoms with Crippen LogP contribution in [-0.4, -0.2) is 21.6 Å². The number of aromatic nitrogens is 2. The molecule has 0 spiro atoms. The molecular weight excluding hydrogens is 661 g/mol. The van der Waals surface area contributed by atoms with Crippen molar-refractivity contribution in [2.24, 2.45) is 0 Å². The van der Waals surface area contributed by atoms with Gasteiger partial charge in [-0.05, 0) is 73.9 Å². The molecule has 0 fully saturated rings. The maximum Gasteiger partial charge on any atom is 0.0750 e. The molecule has 0 aliphatic carbocycles. The smallest absolute Gasteiger partial charge is 0.0750 e. The number of thioether (sulfide) groups is 2. The lowest BCUT2D eigenvalue weighted by atomic mass is 10.1. The summed E-state index contributed by atoms with van der Waals surface area (Å²) in [6.45, 7) is 6.85. The van der Waals surface area contributed by atoms with Gasteiger partial charge in [-0.2, -0.15) is 0 Å². The van der Waals surface area contributed by atoms with E-state index >= 15 is 0 Å². The SMILES string of the molecule is CCCCCCCCCCCCn1c(SC)ccc1-c1ccc(-c2ccc(-c3ccc(SC)n3CCCCCCCCCCCC)s2)s1. The van der Waals surface area contributed by atoms with E-state index in [0.717, 1.165) is 13.1 Å². The van der Waals surface area contributed by atoms with Crippen molar-refractivity contribution in [3.05, 3.63) is 48.5 Å². The largest absolute Gasteiger partial charge is 0.335 e. The molecule has 0 bridgehead atoms. The summed E-state index contributed by atoms with van der Waals surface area (Å²) >= 11 is 7.67. The molecule has 0 unspecified atom stereocenters. The number of hydrogen-bond donors (Lipinski definition) is 0. The Labute approximate surface area is 310 Å². The lowest BCUT2D eigenvalue weighted by Crippen LogP contribution is -2.01. The van der Waals surface area contributed by atoms with Gasteiger partial charge in [-0.3, -0.25) is 0 Å². The molecule has 0 saturated heterocycles. The molecule has 48 heavy (non-hydrogen) atoms. The topological polar surface area (TPSA) is 9.86 Å². The Morgan fingerprint density at radius 2 is 0.708 bits per heavy atom. The second-order valence-corrected chi connectivity index (χ2v) is 17.3. The fourth-order valence-corrected chi connectivity index (χ4v) is 10.3. The average molecular weight is 725 g/mol. The highest BCUT2D eigenvalue weighted by Gasteiger charge is 2.16. The van der Waals surface area contributed by atoms with Crippen LogP contribution in [0, 0.1) is 0 Å². The van der Waals surface area contributed by atoms with Gasteiger partial charge in [-0.1, -0.05) is 129 Å². The molecule has 0 aromatic carbocycles. The van der Waals surface area contributed by atoms with Crippen molar-refractivity contribution >= 4 is 46.2 Å². The standard InChI is InChI=1S/C42H64N2S4/c1-5-7-9-11-13-15-17-19-21-23-33-43-35(25-31-41(43)45-3)37-27-29-39(47-37)40-30-28-38(48-40)36-26-32-42(46-4)44(36)34-24-22-20-18-16-14-12-10-8-6-2/h25-32H,5-24,33-34H2,1-4H3. The molecule has 0 aliphatic heterocycles. The van der Waals surface area contributed by atoms with Crippen LogP contribution in [0.4, 0.5) is 0 Å². The van der Waals surface area contributed by atoms with Crippen molar-refractivity contribution in [1.82, 2.24) is 9.13 Å². The van der Waals surface area contributed by atoms with E-state index in [9.17, 15) is 0 Å². The molecule has 0 radical (unpaired) electrons. The molecular formula is C42H64N2S4. The molecule has 0 atom stereocenters. The Morgan fingerprint density at radius 1 is 0.396 bits per heavy atom. The van der Waals surface area contributed by atoms with Crippen molar-refractivity contribution in [2.45, 2.75) is 165 Å². The lowest BCUT2D eigenvalue weighted by molar-refractivity contribution is 0.527. The van der Waals surface area contributed by atoms with E-state index in [1.807, 2.05) is 46.2 Å². The van der Waals surface area contributed by atoms with Gasteiger partial charge in [-0.25, -0.2) is 0 Å². The number of hydrogen-bond acceptors (Lipinski definition) is 4. The van der Waals surface area contributed by atoms with E-state index < -0.39 is 0 Å². The molecule has 4 aromatic rings. The van der Waals surface area contributed by atoms with Crippen LogP contribution in [0.2, 0.25) is 0 Å². The maximum absolute atomic E-state index is 2.58. The fraction of sp³-hybridized carbons (Fsp3) is 0.619. The number of rotatable bonds is 27. The monoisotopic (exact) mass is 724 g/mol. The van der Waals surface area contributed by atoms with Gasteiger partial charge < -0.3 is 9.13 Å². The van der Waals surface area contributed by atoms with Gasteiger partial charge in [0.05, 0.1) is 31.2 Å². The summed E-state index contributed by atoms with van der Waals surface area (Å²) in [5, 5.41) is 2.78. The molecule has 6 heteroatoms. The molecule has 0 amide bonds. The Morgan fingerprint density at radius 3 is 1.04 bits per heavy atom. The zero-order chi connectivity index (χ0) is 33.8. The molecule has 4 aromatic heterocycles. The van der Waals surface area contributed by atoms with E-state index in [4.69, 9.17) is 0 Å². The highest BCUT2D eigenvalue weighted by molar-refractivity contribution is 7.98. The van der Waals surface area contributed by atoms with Crippen LogP contribution >= 0.6 is 46.2 Å². The van der Waals surface area contributed by atoms with E-state index in [1.54, 1.807) is 0 Å². The van der Waals surface area contributed by atoms with Crippen molar-refractivity contribution < 1.29 is 0 Å². The van der Waals surface area contributed by atoms with E-state index in [0.29, 0.717) is 0 Å². The summed E-state index contributed by atoms with van der Waals surface area (Å²) in [7, 11) is 0. The third-order valence-electron chi connectivity index (χ3n) is 9.73. The summed E-state index contributed by atoms with van der Waals surface area (Å²) in [6.07, 6.45) is 32.1. The van der Waals surface area contributed by atoms with Gasteiger partial charge in [0.15, 0.2) is 0 Å². The quantitative estimate of drug-likeness (QED) is 0.0447. The number of nitrogens with zero attached hydrogens (tertiary/aromatic N) is 2. The van der Waals surface area contributed by atoms with E-state index in [1.165, 1.54) is 169 Å². The average Bonchev–Trinajstić information content (AvgIpc) is 3.92. The minimum absolute atomic E-state index is 1.12. The second kappa shape index (κ2) is 23.2. The molecule has 0 N–H and O–H groups in total. The predicted octanol–water partition coefficient (Wildman–Crippen LogP) is 15.7. The van der Waals surface area contributed by atoms with Gasteiger partial charge in [0, 0.05) is 22.8 Å². The Bertz CT molecular complexity index is 1300. The van der Waals surface area contributed by atoms with Crippen LogP contribution in [0.15, 0.2) is 58.6 Å². The molecule has 266 valence electrons. The van der Waals surface area contributed by atoms with Crippen LogP contribution < -0.4 is 0 Å². The zero-order valence-corrected chi connectivity index (χ0v) is 34.0. The van der Waals surface area contributed by atoms with Gasteiger partial charge in [0.1, 0.15) is 0 Å². The fourth-order valence-electron chi connectivity index (χ4n) is 6.88. The first-order valence-electron chi connectivity index (χ1n) is 19.4. The Balaban J connectivity index is 1.30. The van der Waals surface area contributed by atoms with Gasteiger partial charge >= 0.3 is 0 Å². The summed E-state index contributed by atoms with van der Waals surface area (Å²) in [5.74, 6) is 0. The minimum atomic E-state index is 1.12. The molecule has 4 rings (SSSR count). The second-order valence-electron chi connectivity index (χ2n) is 13.5. The molecule has 0 saturated carbocycles. The van der Waals surface area contributed by atoms with Gasteiger partial charge in [0.25, 0.3) is 0 Å². The van der Waals surface area contributed by atoms with Crippen LogP contribution in [0.3, 0.4) is 0 Å². The van der Waals surface area contributed by atoms with E-state index in [-0.39, 0.29) is 0 Å². The van der Waals surface area contributed by atoms with Crippen molar-refractivity contribution in [1.29, 1.82) is 0 Å². The molecule has 2 nitrogen and oxygen atoms in total. The summed E-state index contributed by atoms with van der Waals surface area (Å²) in [5.41, 5.74) is 2.77. The maximum atomic E-state index is 2.58. The number of thiophene rings is 2. The van der Waals surface area contributed by atoms with Gasteiger partial charge in [0.2, 0.25) is 0 Å². The zero-order valence-electron chi connectivity index (χ0n) is 30.7. The first-order valence-corrected chi connectivity index (χ1v) is 23.5. The summed E-state index contributed by atoms with van der Waals surface area (Å²) in [4.78, 5) is 5.55. The Kier molecular flexibility index (Phi) is 19.1. The normalized spacial score (nSPS) is 11.7. The molecule has 0 aliphatic rings. The van der Waals surface area contributed by atoms with Crippen LogP contribution in [0.25, 0.3) is 30.9 Å². The summed E-state index contributed by atoms with van der Waals surface area (Å²) < 4.78 is 5.16. The Hall–Kier alpha value is -1.34. The van der Waals surface area contributed by atoms with E-state index in [2.05, 4.69) is 84.0 Å². The third-order valence-corrected chi connectivity index (χ3v) is 13.7. The van der Waals surface area contributed by atoms with Gasteiger partial charge in [-0.15, -0.1) is 46.2 Å². The van der Waals surface area contributed by atoms with Crippen molar-refractivity contribution in [3.8, 4) is 30.9 Å². The van der Waals surface area contributed by atoms with Crippen molar-refractivity contribution in [2.75, 3.05) is 12.5 Å². The first kappa shape index (κ1) is 39.4. The van der Waals surface area contributed by atoms with Crippen LogP contribution in [0.5, 0.6) is 0 Å². The first-order chi connectivity index (χ1) is 23.7. The highest BCUT2D eigenvalue weighted by Crippen LogP contribution is 2.42. The molecule has 4 heterocycles.